The minimum atomic E-state index is -4.00. The predicted octanol–water partition coefficient (Wildman–Crippen LogP) is 4.35. The normalized spacial score (nSPS) is 13.1. The smallest absolute Gasteiger partial charge is 0.262 e. The summed E-state index contributed by atoms with van der Waals surface area (Å²) in [5.41, 5.74) is -1.76. The fraction of sp³-hybridized carbons (Fsp3) is 0.136. The molecule has 11 heteroatoms. The van der Waals surface area contributed by atoms with Crippen molar-refractivity contribution in [2.45, 2.75) is 11.4 Å². The highest BCUT2D eigenvalue weighted by Gasteiger charge is 2.43. The quantitative estimate of drug-likeness (QED) is 0.443. The van der Waals surface area contributed by atoms with Gasteiger partial charge < -0.3 is 10.4 Å². The lowest BCUT2D eigenvalue weighted by Crippen LogP contribution is -2.46. The molecule has 0 saturated heterocycles. The number of anilines is 1. The summed E-state index contributed by atoms with van der Waals surface area (Å²) in [7, 11) is -4.00. The van der Waals surface area contributed by atoms with Crippen molar-refractivity contribution in [1.82, 2.24) is 4.98 Å². The van der Waals surface area contributed by atoms with Crippen LogP contribution in [0.1, 0.15) is 16.7 Å². The zero-order chi connectivity index (χ0) is 24.2. The summed E-state index contributed by atoms with van der Waals surface area (Å²) in [4.78, 5) is 17.0. The Balaban J connectivity index is 1.94. The molecule has 0 radical (unpaired) electrons. The first-order valence-electron chi connectivity index (χ1n) is 9.33. The summed E-state index contributed by atoms with van der Waals surface area (Å²) < 4.78 is 25.9. The van der Waals surface area contributed by atoms with Crippen LogP contribution in [0.2, 0.25) is 15.2 Å². The van der Waals surface area contributed by atoms with E-state index in [0.29, 0.717) is 10.6 Å². The van der Waals surface area contributed by atoms with Gasteiger partial charge in [0.1, 0.15) is 11.2 Å². The lowest BCUT2D eigenvalue weighted by Gasteiger charge is -2.27. The Hall–Kier alpha value is -2.67. The van der Waals surface area contributed by atoms with E-state index in [2.05, 4.69) is 10.3 Å². The fourth-order valence-electron chi connectivity index (χ4n) is 3.02. The lowest BCUT2D eigenvalue weighted by molar-refractivity contribution is -0.132. The number of sulfone groups is 1. The monoisotopic (exact) mass is 523 g/mol. The van der Waals surface area contributed by atoms with E-state index in [1.54, 1.807) is 24.3 Å². The number of rotatable bonds is 7. The molecule has 0 spiro atoms. The molecule has 2 N–H and O–H groups in total. The van der Waals surface area contributed by atoms with E-state index < -0.39 is 32.9 Å². The first-order chi connectivity index (χ1) is 15.5. The highest BCUT2D eigenvalue weighted by Crippen LogP contribution is 2.28. The first kappa shape index (κ1) is 25.0. The zero-order valence-corrected chi connectivity index (χ0v) is 19.9. The molecule has 1 unspecified atom stereocenters. The Morgan fingerprint density at radius 1 is 1.09 bits per heavy atom. The van der Waals surface area contributed by atoms with Crippen LogP contribution in [0.15, 0.2) is 60.8 Å². The summed E-state index contributed by atoms with van der Waals surface area (Å²) >= 11 is 17.7. The van der Waals surface area contributed by atoms with Crippen molar-refractivity contribution in [2.24, 2.45) is 0 Å². The fourth-order valence-corrected chi connectivity index (χ4v) is 5.22. The van der Waals surface area contributed by atoms with Crippen molar-refractivity contribution in [3.63, 3.8) is 0 Å². The van der Waals surface area contributed by atoms with Crippen LogP contribution in [0.25, 0.3) is 0 Å². The van der Waals surface area contributed by atoms with Crippen LogP contribution in [-0.2, 0) is 26.0 Å². The van der Waals surface area contributed by atoms with E-state index >= 15 is 0 Å². The molecule has 0 aliphatic heterocycles. The van der Waals surface area contributed by atoms with Gasteiger partial charge in [-0.15, -0.1) is 0 Å². The number of nitrogens with zero attached hydrogens (tertiary/aromatic N) is 2. The van der Waals surface area contributed by atoms with Gasteiger partial charge in [-0.2, -0.15) is 5.26 Å². The zero-order valence-electron chi connectivity index (χ0n) is 16.8. The molecule has 1 amide bonds. The number of hydrogen-bond donors (Lipinski definition) is 2. The number of nitriles is 1. The number of pyridine rings is 1. The number of carbonyl (C=O) groups excluding carboxylic acids is 1. The van der Waals surface area contributed by atoms with Crippen molar-refractivity contribution >= 4 is 56.2 Å². The van der Waals surface area contributed by atoms with Crippen molar-refractivity contribution in [3.8, 4) is 6.07 Å². The number of halogens is 3. The van der Waals surface area contributed by atoms with Gasteiger partial charge >= 0.3 is 0 Å². The molecule has 170 valence electrons. The number of hydrogen-bond acceptors (Lipinski definition) is 6. The summed E-state index contributed by atoms with van der Waals surface area (Å²) in [6.45, 7) is 0. The first-order valence-corrected chi connectivity index (χ1v) is 12.3. The van der Waals surface area contributed by atoms with Gasteiger partial charge in [0.05, 0.1) is 22.1 Å². The Morgan fingerprint density at radius 2 is 1.79 bits per heavy atom. The van der Waals surface area contributed by atoms with Gasteiger partial charge in [0, 0.05) is 22.5 Å². The molecule has 1 heterocycles. The SMILES string of the molecule is N#Cc1ccc(NC(=O)C(O)(CS(=O)(=O)Cc2ccc(Cl)cc2)c2ccc(Cl)nc2)cc1Cl. The third-order valence-corrected chi connectivity index (χ3v) is 7.08. The molecule has 0 aliphatic carbocycles. The minimum absolute atomic E-state index is 0.0659. The number of amides is 1. The number of nitrogens with one attached hydrogen (secondary N) is 1. The molecule has 0 fully saturated rings. The number of carbonyl (C=O) groups is 1. The van der Waals surface area contributed by atoms with Crippen LogP contribution in [0, 0.1) is 11.3 Å². The largest absolute Gasteiger partial charge is 0.374 e. The van der Waals surface area contributed by atoms with E-state index in [-0.39, 0.29) is 27.0 Å². The Labute approximate surface area is 205 Å². The Bertz CT molecular complexity index is 1320. The molecule has 7 nitrogen and oxygen atoms in total. The topological polar surface area (TPSA) is 120 Å². The molecule has 3 rings (SSSR count). The molecular formula is C22H16Cl3N3O4S. The predicted molar refractivity (Wildman–Crippen MR) is 127 cm³/mol. The van der Waals surface area contributed by atoms with Crippen LogP contribution >= 0.6 is 34.8 Å². The van der Waals surface area contributed by atoms with Crippen molar-refractivity contribution in [3.05, 3.63) is 92.7 Å². The van der Waals surface area contributed by atoms with Crippen LogP contribution < -0.4 is 5.32 Å². The number of aliphatic hydroxyl groups is 1. The van der Waals surface area contributed by atoms with Crippen LogP contribution in [0.3, 0.4) is 0 Å². The highest BCUT2D eigenvalue weighted by molar-refractivity contribution is 7.90. The third kappa shape index (κ3) is 6.22. The van der Waals surface area contributed by atoms with E-state index in [0.717, 1.165) is 6.20 Å². The second kappa shape index (κ2) is 10.1. The van der Waals surface area contributed by atoms with E-state index in [4.69, 9.17) is 40.1 Å². The average molecular weight is 525 g/mol. The van der Waals surface area contributed by atoms with E-state index in [9.17, 15) is 18.3 Å². The van der Waals surface area contributed by atoms with Gasteiger partial charge in [-0.25, -0.2) is 13.4 Å². The van der Waals surface area contributed by atoms with E-state index in [1.165, 1.54) is 30.3 Å². The van der Waals surface area contributed by atoms with Crippen molar-refractivity contribution in [1.29, 1.82) is 5.26 Å². The molecule has 33 heavy (non-hydrogen) atoms. The van der Waals surface area contributed by atoms with Gasteiger partial charge in [-0.3, -0.25) is 4.79 Å². The summed E-state index contributed by atoms with van der Waals surface area (Å²) in [6, 6.07) is 14.8. The summed E-state index contributed by atoms with van der Waals surface area (Å²) in [6.07, 6.45) is 1.13. The van der Waals surface area contributed by atoms with E-state index in [1.807, 2.05) is 6.07 Å². The van der Waals surface area contributed by atoms with Crippen LogP contribution in [0.4, 0.5) is 5.69 Å². The maximum atomic E-state index is 13.1. The maximum absolute atomic E-state index is 13.1. The second-order valence-corrected chi connectivity index (χ2v) is 10.4. The van der Waals surface area contributed by atoms with Gasteiger partial charge in [0.25, 0.3) is 5.91 Å². The van der Waals surface area contributed by atoms with Crippen molar-refractivity contribution < 1.29 is 18.3 Å². The minimum Gasteiger partial charge on any atom is -0.374 e. The van der Waals surface area contributed by atoms with Gasteiger partial charge in [0.15, 0.2) is 15.4 Å². The van der Waals surface area contributed by atoms with Gasteiger partial charge in [-0.05, 0) is 42.0 Å². The molecule has 1 atom stereocenters. The maximum Gasteiger partial charge on any atom is 0.262 e. The number of benzene rings is 2. The molecule has 0 aliphatic rings. The molecule has 2 aromatic carbocycles. The van der Waals surface area contributed by atoms with Gasteiger partial charge in [-0.1, -0.05) is 53.0 Å². The Kier molecular flexibility index (Phi) is 7.62. The van der Waals surface area contributed by atoms with Crippen molar-refractivity contribution in [2.75, 3.05) is 11.1 Å². The molecule has 3 aromatic rings. The Morgan fingerprint density at radius 3 is 2.36 bits per heavy atom. The molecular weight excluding hydrogens is 509 g/mol. The lowest BCUT2D eigenvalue weighted by atomic mass is 9.96. The summed E-state index contributed by atoms with van der Waals surface area (Å²) in [5, 5.41) is 23.4. The number of aromatic nitrogens is 1. The molecule has 0 saturated carbocycles. The average Bonchev–Trinajstić information content (AvgIpc) is 2.75. The molecule has 1 aromatic heterocycles. The van der Waals surface area contributed by atoms with Gasteiger partial charge in [0.2, 0.25) is 0 Å². The van der Waals surface area contributed by atoms with Crippen LogP contribution in [0.5, 0.6) is 0 Å². The second-order valence-electron chi connectivity index (χ2n) is 7.15. The van der Waals surface area contributed by atoms with Crippen LogP contribution in [-0.4, -0.2) is 30.2 Å². The molecule has 0 bridgehead atoms. The third-order valence-electron chi connectivity index (χ3n) is 4.66. The summed E-state index contributed by atoms with van der Waals surface area (Å²) in [5.74, 6) is -2.38. The highest BCUT2D eigenvalue weighted by atomic mass is 35.5. The standard InChI is InChI=1S/C22H16Cl3N3O4S/c23-17-5-1-14(2-6-17)12-33(31,32)13-22(30,16-4-8-20(25)27-11-16)21(29)28-18-7-3-15(10-26)19(24)9-18/h1-9,11,30H,12-13H2,(H,28,29).